The van der Waals surface area contributed by atoms with Gasteiger partial charge in [-0.1, -0.05) is 11.6 Å². The molecule has 2 saturated heterocycles. The minimum absolute atomic E-state index is 0.0707. The van der Waals surface area contributed by atoms with Crippen molar-refractivity contribution in [3.63, 3.8) is 0 Å². The summed E-state index contributed by atoms with van der Waals surface area (Å²) < 4.78 is 5.42. The number of hydrogen-bond acceptors (Lipinski definition) is 5. The number of aromatic nitrogens is 1. The highest BCUT2D eigenvalue weighted by molar-refractivity contribution is 5.94. The molecule has 0 N–H and O–H groups in total. The molecule has 0 spiro atoms. The van der Waals surface area contributed by atoms with Gasteiger partial charge in [0, 0.05) is 50.7 Å². The second-order valence-corrected chi connectivity index (χ2v) is 7.86. The van der Waals surface area contributed by atoms with Crippen molar-refractivity contribution in [2.45, 2.75) is 51.0 Å². The summed E-state index contributed by atoms with van der Waals surface area (Å²) in [7, 11) is 2.25. The van der Waals surface area contributed by atoms with Gasteiger partial charge >= 0.3 is 0 Å². The Morgan fingerprint density at radius 1 is 1.08 bits per heavy atom. The van der Waals surface area contributed by atoms with Crippen molar-refractivity contribution in [3.8, 4) is 0 Å². The largest absolute Gasteiger partial charge is 0.360 e. The maximum Gasteiger partial charge on any atom is 0.276 e. The molecule has 1 unspecified atom stereocenters. The highest BCUT2D eigenvalue weighted by Gasteiger charge is 2.30. The van der Waals surface area contributed by atoms with Crippen LogP contribution in [0.2, 0.25) is 0 Å². The van der Waals surface area contributed by atoms with Gasteiger partial charge in [-0.15, -0.1) is 0 Å². The summed E-state index contributed by atoms with van der Waals surface area (Å²) >= 11 is 0. The minimum atomic E-state index is 0.0707. The lowest BCUT2D eigenvalue weighted by Crippen LogP contribution is -2.53. The van der Waals surface area contributed by atoms with Gasteiger partial charge < -0.3 is 14.3 Å². The van der Waals surface area contributed by atoms with E-state index < -0.39 is 0 Å². The summed E-state index contributed by atoms with van der Waals surface area (Å²) in [6, 6.07) is 0.679. The lowest BCUT2D eigenvalue weighted by Gasteiger charge is -2.40. The van der Waals surface area contributed by atoms with E-state index in [9.17, 15) is 4.79 Å². The van der Waals surface area contributed by atoms with Crippen LogP contribution in [0.1, 0.15) is 53.9 Å². The van der Waals surface area contributed by atoms with E-state index in [4.69, 9.17) is 4.52 Å². The molecule has 0 bridgehead atoms. The van der Waals surface area contributed by atoms with Crippen molar-refractivity contribution in [3.05, 3.63) is 17.0 Å². The Hall–Kier alpha value is -1.40. The van der Waals surface area contributed by atoms with Gasteiger partial charge in [0.1, 0.15) is 5.76 Å². The lowest BCUT2D eigenvalue weighted by atomic mass is 9.96. The molecule has 6 nitrogen and oxygen atoms in total. The first-order chi connectivity index (χ1) is 12.2. The van der Waals surface area contributed by atoms with E-state index in [0.717, 1.165) is 69.7 Å². The van der Waals surface area contributed by atoms with E-state index in [-0.39, 0.29) is 5.91 Å². The molecule has 1 atom stereocenters. The smallest absolute Gasteiger partial charge is 0.276 e. The summed E-state index contributed by atoms with van der Waals surface area (Å²) in [6.07, 6.45) is 8.14. The number of piperazine rings is 1. The zero-order valence-corrected chi connectivity index (χ0v) is 15.4. The number of carbonyl (C=O) groups excluding carboxylic acids is 1. The van der Waals surface area contributed by atoms with Crippen LogP contribution < -0.4 is 0 Å². The van der Waals surface area contributed by atoms with E-state index >= 15 is 0 Å². The average molecular weight is 346 g/mol. The monoisotopic (exact) mass is 346 g/mol. The van der Waals surface area contributed by atoms with Gasteiger partial charge in [-0.3, -0.25) is 9.69 Å². The van der Waals surface area contributed by atoms with Crippen molar-refractivity contribution in [2.24, 2.45) is 0 Å². The maximum absolute atomic E-state index is 12.9. The van der Waals surface area contributed by atoms with E-state index in [0.29, 0.717) is 11.7 Å². The molecular formula is C19H30N4O2. The molecule has 6 heteroatoms. The Balaban J connectivity index is 1.32. The minimum Gasteiger partial charge on any atom is -0.360 e. The Kier molecular flexibility index (Phi) is 5.08. The number of likely N-dealkylation sites (N-methyl/N-ethyl adjacent to an activating group) is 1. The molecule has 1 aliphatic carbocycles. The summed E-state index contributed by atoms with van der Waals surface area (Å²) in [6.45, 7) is 5.90. The first-order valence-corrected chi connectivity index (χ1v) is 9.91. The quantitative estimate of drug-likeness (QED) is 0.835. The number of piperidine rings is 1. The predicted octanol–water partition coefficient (Wildman–Crippen LogP) is 1.80. The van der Waals surface area contributed by atoms with Crippen LogP contribution in [0.3, 0.4) is 0 Å². The zero-order chi connectivity index (χ0) is 17.2. The van der Waals surface area contributed by atoms with E-state index in [1.807, 2.05) is 4.90 Å². The number of likely N-dealkylation sites (tertiary alicyclic amines) is 1. The zero-order valence-electron chi connectivity index (χ0n) is 15.4. The van der Waals surface area contributed by atoms with Crippen molar-refractivity contribution in [1.29, 1.82) is 0 Å². The molecule has 3 heterocycles. The fourth-order valence-corrected chi connectivity index (χ4v) is 4.51. The summed E-state index contributed by atoms with van der Waals surface area (Å²) in [4.78, 5) is 19.8. The first-order valence-electron chi connectivity index (χ1n) is 9.91. The summed E-state index contributed by atoms with van der Waals surface area (Å²) in [5, 5.41) is 4.11. The molecule has 25 heavy (non-hydrogen) atoms. The van der Waals surface area contributed by atoms with Crippen LogP contribution in [0.15, 0.2) is 4.52 Å². The second-order valence-electron chi connectivity index (χ2n) is 7.86. The number of aryl methyl sites for hydroxylation is 1. The average Bonchev–Trinajstić information content (AvgIpc) is 3.08. The fraction of sp³-hybridized carbons (Fsp3) is 0.789. The van der Waals surface area contributed by atoms with E-state index in [1.54, 1.807) is 0 Å². The molecule has 2 fully saturated rings. The Bertz CT molecular complexity index is 607. The topological polar surface area (TPSA) is 52.8 Å². The number of carbonyl (C=O) groups is 1. The van der Waals surface area contributed by atoms with Crippen molar-refractivity contribution >= 4 is 5.91 Å². The predicted molar refractivity (Wildman–Crippen MR) is 95.8 cm³/mol. The highest BCUT2D eigenvalue weighted by Crippen LogP contribution is 2.25. The SMILES string of the molecule is CN1CCCCC1CN1CCN(C(=O)c2noc3c2CCCC3)CC1. The Morgan fingerprint density at radius 2 is 1.88 bits per heavy atom. The van der Waals surface area contributed by atoms with Gasteiger partial charge in [-0.05, 0) is 45.7 Å². The lowest BCUT2D eigenvalue weighted by molar-refractivity contribution is 0.0555. The molecule has 0 saturated carbocycles. The van der Waals surface area contributed by atoms with Crippen LogP contribution in [0.4, 0.5) is 0 Å². The number of nitrogens with zero attached hydrogens (tertiary/aromatic N) is 4. The van der Waals surface area contributed by atoms with Crippen LogP contribution in [-0.2, 0) is 12.8 Å². The van der Waals surface area contributed by atoms with Crippen LogP contribution in [0.25, 0.3) is 0 Å². The molecule has 1 aromatic heterocycles. The van der Waals surface area contributed by atoms with Gasteiger partial charge in [0.25, 0.3) is 5.91 Å². The van der Waals surface area contributed by atoms with Gasteiger partial charge in [-0.2, -0.15) is 0 Å². The molecule has 2 aliphatic heterocycles. The van der Waals surface area contributed by atoms with E-state index in [2.05, 4.69) is 22.0 Å². The normalized spacial score (nSPS) is 25.8. The van der Waals surface area contributed by atoms with Crippen LogP contribution in [0.5, 0.6) is 0 Å². The molecule has 138 valence electrons. The molecule has 0 radical (unpaired) electrons. The third-order valence-electron chi connectivity index (χ3n) is 6.20. The van der Waals surface area contributed by atoms with E-state index in [1.165, 1.54) is 25.8 Å². The number of amides is 1. The Morgan fingerprint density at radius 3 is 2.68 bits per heavy atom. The molecule has 1 amide bonds. The first kappa shape index (κ1) is 17.0. The van der Waals surface area contributed by atoms with Gasteiger partial charge in [0.15, 0.2) is 5.69 Å². The van der Waals surface area contributed by atoms with Crippen molar-refractivity contribution in [1.82, 2.24) is 19.9 Å². The molecule has 3 aliphatic rings. The molecule has 1 aromatic rings. The van der Waals surface area contributed by atoms with Gasteiger partial charge in [-0.25, -0.2) is 0 Å². The third-order valence-corrected chi connectivity index (χ3v) is 6.20. The molecule has 0 aromatic carbocycles. The van der Waals surface area contributed by atoms with Crippen LogP contribution >= 0.6 is 0 Å². The highest BCUT2D eigenvalue weighted by atomic mass is 16.5. The number of rotatable bonds is 3. The van der Waals surface area contributed by atoms with Crippen LogP contribution in [-0.4, -0.2) is 78.1 Å². The number of hydrogen-bond donors (Lipinski definition) is 0. The molecular weight excluding hydrogens is 316 g/mol. The van der Waals surface area contributed by atoms with Crippen molar-refractivity contribution < 1.29 is 9.32 Å². The third kappa shape index (κ3) is 3.60. The second kappa shape index (κ2) is 7.46. The standard InChI is InChI=1S/C19H30N4O2/c1-21-9-5-4-6-15(21)14-22-10-12-23(13-11-22)19(24)18-16-7-2-3-8-17(16)25-20-18/h15H,2-14H2,1H3. The Labute approximate surface area is 150 Å². The molecule has 4 rings (SSSR count). The fourth-order valence-electron chi connectivity index (χ4n) is 4.51. The van der Waals surface area contributed by atoms with Gasteiger partial charge in [0.2, 0.25) is 0 Å². The number of fused-ring (bicyclic) bond motifs is 1. The van der Waals surface area contributed by atoms with Gasteiger partial charge in [0.05, 0.1) is 0 Å². The van der Waals surface area contributed by atoms with Crippen molar-refractivity contribution in [2.75, 3.05) is 46.3 Å². The maximum atomic E-state index is 12.9. The summed E-state index contributed by atoms with van der Waals surface area (Å²) in [5.74, 6) is 1.01. The summed E-state index contributed by atoms with van der Waals surface area (Å²) in [5.41, 5.74) is 1.65. The van der Waals surface area contributed by atoms with Crippen LogP contribution in [0, 0.1) is 0 Å².